The van der Waals surface area contributed by atoms with Crippen LogP contribution in [-0.4, -0.2) is 24.2 Å². The predicted molar refractivity (Wildman–Crippen MR) is 124 cm³/mol. The normalized spacial score (nSPS) is 10.4. The Morgan fingerprint density at radius 1 is 0.903 bits per heavy atom. The maximum Gasteiger partial charge on any atom is 0.307 e. The molecular formula is C24H22ClNO4S. The highest BCUT2D eigenvalue weighted by molar-refractivity contribution is 7.99. The van der Waals surface area contributed by atoms with Crippen molar-refractivity contribution in [2.24, 2.45) is 0 Å². The highest BCUT2D eigenvalue weighted by atomic mass is 35.5. The van der Waals surface area contributed by atoms with Crippen LogP contribution in [0.15, 0.2) is 83.8 Å². The zero-order chi connectivity index (χ0) is 21.9. The topological polar surface area (TPSA) is 64.6 Å². The minimum absolute atomic E-state index is 0.191. The number of hydrogen-bond donors (Lipinski definition) is 1. The number of nitrogens with one attached hydrogen (secondary N) is 1. The number of carbonyl (C=O) groups excluding carboxylic acids is 2. The summed E-state index contributed by atoms with van der Waals surface area (Å²) in [6, 6.07) is 24.3. The van der Waals surface area contributed by atoms with Crippen LogP contribution < -0.4 is 10.1 Å². The Morgan fingerprint density at radius 3 is 2.35 bits per heavy atom. The number of esters is 1. The summed E-state index contributed by atoms with van der Waals surface area (Å²) in [4.78, 5) is 24.8. The Balaban J connectivity index is 1.34. The summed E-state index contributed by atoms with van der Waals surface area (Å²) in [6.45, 7) is 0.138. The summed E-state index contributed by atoms with van der Waals surface area (Å²) < 4.78 is 10.7. The maximum atomic E-state index is 12.0. The van der Waals surface area contributed by atoms with Crippen molar-refractivity contribution >= 4 is 40.9 Å². The summed E-state index contributed by atoms with van der Waals surface area (Å²) in [5.41, 5.74) is 1.68. The van der Waals surface area contributed by atoms with Crippen LogP contribution in [0.3, 0.4) is 0 Å². The van der Waals surface area contributed by atoms with E-state index in [1.165, 1.54) is 11.8 Å². The van der Waals surface area contributed by atoms with Crippen molar-refractivity contribution in [2.75, 3.05) is 17.7 Å². The van der Waals surface area contributed by atoms with Gasteiger partial charge < -0.3 is 14.8 Å². The zero-order valence-electron chi connectivity index (χ0n) is 16.8. The first-order valence-corrected chi connectivity index (χ1v) is 11.1. The fourth-order valence-electron chi connectivity index (χ4n) is 2.60. The molecule has 0 unspecified atom stereocenters. The Labute approximate surface area is 190 Å². The molecule has 1 amide bonds. The number of thioether (sulfide) groups is 1. The molecule has 0 bridgehead atoms. The highest BCUT2D eigenvalue weighted by Crippen LogP contribution is 2.27. The van der Waals surface area contributed by atoms with E-state index >= 15 is 0 Å². The molecule has 0 saturated carbocycles. The molecule has 0 aliphatic carbocycles. The lowest BCUT2D eigenvalue weighted by atomic mass is 10.2. The third kappa shape index (κ3) is 8.00. The average Bonchev–Trinajstić information content (AvgIpc) is 2.79. The first-order chi connectivity index (χ1) is 15.1. The molecule has 3 aromatic rings. The Kier molecular flexibility index (Phi) is 8.82. The van der Waals surface area contributed by atoms with Gasteiger partial charge in [-0.2, -0.15) is 0 Å². The number of benzene rings is 3. The van der Waals surface area contributed by atoms with Gasteiger partial charge in [0.1, 0.15) is 12.4 Å². The van der Waals surface area contributed by atoms with E-state index in [0.717, 1.165) is 10.5 Å². The minimum atomic E-state index is -0.431. The van der Waals surface area contributed by atoms with E-state index in [1.807, 2.05) is 48.5 Å². The summed E-state index contributed by atoms with van der Waals surface area (Å²) >= 11 is 7.55. The molecule has 160 valence electrons. The van der Waals surface area contributed by atoms with Crippen molar-refractivity contribution in [3.63, 3.8) is 0 Å². The van der Waals surface area contributed by atoms with Crippen molar-refractivity contribution in [2.45, 2.75) is 17.9 Å². The van der Waals surface area contributed by atoms with E-state index in [4.69, 9.17) is 21.1 Å². The van der Waals surface area contributed by atoms with E-state index in [9.17, 15) is 9.59 Å². The molecule has 0 atom stereocenters. The quantitative estimate of drug-likeness (QED) is 0.319. The van der Waals surface area contributed by atoms with Gasteiger partial charge in [-0.15, -0.1) is 11.8 Å². The molecule has 0 fully saturated rings. The van der Waals surface area contributed by atoms with E-state index in [2.05, 4.69) is 5.32 Å². The van der Waals surface area contributed by atoms with Crippen LogP contribution in [0.2, 0.25) is 5.02 Å². The van der Waals surface area contributed by atoms with E-state index in [-0.39, 0.29) is 13.0 Å². The molecule has 0 radical (unpaired) electrons. The smallest absolute Gasteiger partial charge is 0.307 e. The molecule has 1 N–H and O–H groups in total. The molecule has 0 aliphatic rings. The van der Waals surface area contributed by atoms with Crippen molar-refractivity contribution in [3.8, 4) is 5.75 Å². The number of rotatable bonds is 10. The van der Waals surface area contributed by atoms with Gasteiger partial charge in [-0.1, -0.05) is 54.1 Å². The standard InChI is InChI=1S/C24H22ClNO4S/c25-21-8-4-5-9-22(21)31-15-14-24(28)30-17-23(27)26-19-10-12-20(13-11-19)29-16-18-6-2-1-3-7-18/h1-13H,14-17H2,(H,26,27). The first kappa shape index (κ1) is 22.7. The molecule has 0 saturated heterocycles. The van der Waals surface area contributed by atoms with Crippen LogP contribution in [-0.2, 0) is 20.9 Å². The highest BCUT2D eigenvalue weighted by Gasteiger charge is 2.09. The molecule has 0 heterocycles. The van der Waals surface area contributed by atoms with Gasteiger partial charge in [-0.05, 0) is 42.0 Å². The lowest BCUT2D eigenvalue weighted by molar-refractivity contribution is -0.146. The maximum absolute atomic E-state index is 12.0. The second-order valence-electron chi connectivity index (χ2n) is 6.54. The molecule has 3 aromatic carbocycles. The fraction of sp³-hybridized carbons (Fsp3) is 0.167. The van der Waals surface area contributed by atoms with Crippen LogP contribution in [0, 0.1) is 0 Å². The first-order valence-electron chi connectivity index (χ1n) is 9.70. The molecule has 31 heavy (non-hydrogen) atoms. The van der Waals surface area contributed by atoms with Gasteiger partial charge in [-0.3, -0.25) is 9.59 Å². The van der Waals surface area contributed by atoms with Crippen LogP contribution >= 0.6 is 23.4 Å². The van der Waals surface area contributed by atoms with Gasteiger partial charge >= 0.3 is 5.97 Å². The second kappa shape index (κ2) is 12.0. The van der Waals surface area contributed by atoms with E-state index in [0.29, 0.717) is 28.8 Å². The minimum Gasteiger partial charge on any atom is -0.489 e. The van der Waals surface area contributed by atoms with Gasteiger partial charge in [0.25, 0.3) is 5.91 Å². The molecule has 0 aromatic heterocycles. The molecule has 7 heteroatoms. The zero-order valence-corrected chi connectivity index (χ0v) is 18.3. The van der Waals surface area contributed by atoms with Gasteiger partial charge in [0.15, 0.2) is 6.61 Å². The molecule has 0 spiro atoms. The summed E-state index contributed by atoms with van der Waals surface area (Å²) in [5.74, 6) is 0.392. The molecule has 0 aliphatic heterocycles. The van der Waals surface area contributed by atoms with Crippen LogP contribution in [0.5, 0.6) is 5.75 Å². The third-order valence-electron chi connectivity index (χ3n) is 4.15. The van der Waals surface area contributed by atoms with Gasteiger partial charge in [0.05, 0.1) is 11.4 Å². The molecule has 3 rings (SSSR count). The van der Waals surface area contributed by atoms with Crippen molar-refractivity contribution in [1.82, 2.24) is 0 Å². The SMILES string of the molecule is O=C(COC(=O)CCSc1ccccc1Cl)Nc1ccc(OCc2ccccc2)cc1. The average molecular weight is 456 g/mol. The van der Waals surface area contributed by atoms with Crippen LogP contribution in [0.4, 0.5) is 5.69 Å². The largest absolute Gasteiger partial charge is 0.489 e. The predicted octanol–water partition coefficient (Wildman–Crippen LogP) is 5.58. The lowest BCUT2D eigenvalue weighted by Crippen LogP contribution is -2.21. The monoisotopic (exact) mass is 455 g/mol. The van der Waals surface area contributed by atoms with Crippen LogP contribution in [0.1, 0.15) is 12.0 Å². The van der Waals surface area contributed by atoms with Crippen LogP contribution in [0.25, 0.3) is 0 Å². The van der Waals surface area contributed by atoms with E-state index in [1.54, 1.807) is 30.3 Å². The van der Waals surface area contributed by atoms with Crippen molar-refractivity contribution in [1.29, 1.82) is 0 Å². The Hall–Kier alpha value is -2.96. The third-order valence-corrected chi connectivity index (χ3v) is 5.67. The molecule has 5 nitrogen and oxygen atoms in total. The number of halogens is 1. The summed E-state index contributed by atoms with van der Waals surface area (Å²) in [6.07, 6.45) is 0.191. The fourth-order valence-corrected chi connectivity index (χ4v) is 3.77. The van der Waals surface area contributed by atoms with E-state index < -0.39 is 11.9 Å². The van der Waals surface area contributed by atoms with Crippen molar-refractivity contribution in [3.05, 3.63) is 89.4 Å². The van der Waals surface area contributed by atoms with Gasteiger partial charge in [0.2, 0.25) is 0 Å². The number of anilines is 1. The van der Waals surface area contributed by atoms with Gasteiger partial charge in [-0.25, -0.2) is 0 Å². The van der Waals surface area contributed by atoms with Crippen molar-refractivity contribution < 1.29 is 19.1 Å². The molecular weight excluding hydrogens is 434 g/mol. The van der Waals surface area contributed by atoms with Gasteiger partial charge in [0, 0.05) is 16.3 Å². The second-order valence-corrected chi connectivity index (χ2v) is 8.08. The Morgan fingerprint density at radius 2 is 1.61 bits per heavy atom. The number of carbonyl (C=O) groups is 2. The number of amides is 1. The Bertz CT molecular complexity index is 996. The lowest BCUT2D eigenvalue weighted by Gasteiger charge is -2.09. The summed E-state index contributed by atoms with van der Waals surface area (Å²) in [5, 5.41) is 3.34. The summed E-state index contributed by atoms with van der Waals surface area (Å²) in [7, 11) is 0. The number of hydrogen-bond acceptors (Lipinski definition) is 5. The number of ether oxygens (including phenoxy) is 2.